The smallest absolute Gasteiger partial charge is 0.215 e. The van der Waals surface area contributed by atoms with Crippen LogP contribution in [0.15, 0.2) is 10.2 Å². The van der Waals surface area contributed by atoms with E-state index in [1.165, 1.54) is 11.8 Å². The summed E-state index contributed by atoms with van der Waals surface area (Å²) in [7, 11) is 3.54. The van der Waals surface area contributed by atoms with E-state index in [2.05, 4.69) is 26.7 Å². The molecule has 0 saturated carbocycles. The maximum Gasteiger partial charge on any atom is 0.215 e. The summed E-state index contributed by atoms with van der Waals surface area (Å²) >= 11 is 1.32. The van der Waals surface area contributed by atoms with Crippen LogP contribution in [0.1, 0.15) is 11.3 Å². The van der Waals surface area contributed by atoms with Gasteiger partial charge in [0.15, 0.2) is 0 Å². The van der Waals surface area contributed by atoms with Gasteiger partial charge in [0, 0.05) is 14.1 Å². The zero-order valence-electron chi connectivity index (χ0n) is 9.04. The molecule has 0 bridgehead atoms. The first-order valence-corrected chi connectivity index (χ1v) is 5.29. The minimum Gasteiger partial charge on any atom is -0.260 e. The average molecular weight is 235 g/mol. The fourth-order valence-electron chi connectivity index (χ4n) is 1.28. The number of rotatable bonds is 2. The third-order valence-electron chi connectivity index (χ3n) is 2.05. The lowest BCUT2D eigenvalue weighted by Gasteiger charge is -1.99. The Hall–Kier alpha value is -1.88. The number of nitriles is 1. The third kappa shape index (κ3) is 1.65. The van der Waals surface area contributed by atoms with Gasteiger partial charge in [-0.25, -0.2) is 4.68 Å². The van der Waals surface area contributed by atoms with Gasteiger partial charge >= 0.3 is 0 Å². The van der Waals surface area contributed by atoms with Crippen LogP contribution in [-0.2, 0) is 14.1 Å². The number of hydrogen-bond acceptors (Lipinski definition) is 6. The predicted octanol–water partition coefficient (Wildman–Crippen LogP) is 0.275. The first-order valence-electron chi connectivity index (χ1n) is 4.47. The van der Waals surface area contributed by atoms with E-state index in [9.17, 15) is 0 Å². The Morgan fingerprint density at radius 3 is 2.62 bits per heavy atom. The van der Waals surface area contributed by atoms with Gasteiger partial charge in [-0.2, -0.15) is 10.4 Å². The quantitative estimate of drug-likeness (QED) is 0.743. The normalized spacial score (nSPS) is 10.4. The van der Waals surface area contributed by atoms with E-state index in [0.29, 0.717) is 16.4 Å². The molecule has 0 unspecified atom stereocenters. The van der Waals surface area contributed by atoms with Gasteiger partial charge in [-0.15, -0.1) is 5.10 Å². The summed E-state index contributed by atoms with van der Waals surface area (Å²) in [6.45, 7) is 1.80. The summed E-state index contributed by atoms with van der Waals surface area (Å²) < 4.78 is 3.21. The molecular formula is C8H9N7S. The van der Waals surface area contributed by atoms with Crippen molar-refractivity contribution in [1.29, 1.82) is 5.26 Å². The van der Waals surface area contributed by atoms with Crippen molar-refractivity contribution >= 4 is 11.8 Å². The van der Waals surface area contributed by atoms with Crippen LogP contribution in [0.5, 0.6) is 0 Å². The van der Waals surface area contributed by atoms with Crippen LogP contribution in [0, 0.1) is 18.3 Å². The van der Waals surface area contributed by atoms with Crippen LogP contribution in [0.2, 0.25) is 0 Å². The van der Waals surface area contributed by atoms with Gasteiger partial charge in [0.25, 0.3) is 0 Å². The van der Waals surface area contributed by atoms with Gasteiger partial charge in [-0.3, -0.25) is 4.68 Å². The highest BCUT2D eigenvalue weighted by Crippen LogP contribution is 2.28. The maximum atomic E-state index is 9.04. The van der Waals surface area contributed by atoms with Gasteiger partial charge in [-0.1, -0.05) is 0 Å². The molecule has 16 heavy (non-hydrogen) atoms. The first-order chi connectivity index (χ1) is 7.63. The highest BCUT2D eigenvalue weighted by molar-refractivity contribution is 7.99. The third-order valence-corrected chi connectivity index (χ3v) is 3.24. The fraction of sp³-hybridized carbons (Fsp3) is 0.375. The first kappa shape index (κ1) is 10.6. The Kier molecular flexibility index (Phi) is 2.62. The molecular weight excluding hydrogens is 226 g/mol. The second-order valence-electron chi connectivity index (χ2n) is 3.19. The summed E-state index contributed by atoms with van der Waals surface area (Å²) in [5, 5.41) is 25.7. The lowest BCUT2D eigenvalue weighted by atomic mass is 10.3. The van der Waals surface area contributed by atoms with Crippen molar-refractivity contribution in [2.45, 2.75) is 17.1 Å². The molecule has 0 radical (unpaired) electrons. The molecule has 7 nitrogen and oxygen atoms in total. The second kappa shape index (κ2) is 3.94. The highest BCUT2D eigenvalue weighted by Gasteiger charge is 2.16. The van der Waals surface area contributed by atoms with E-state index in [1.807, 2.05) is 0 Å². The molecule has 2 heterocycles. The van der Waals surface area contributed by atoms with Gasteiger partial charge in [-0.05, 0) is 29.1 Å². The van der Waals surface area contributed by atoms with Crippen LogP contribution in [0.4, 0.5) is 0 Å². The Morgan fingerprint density at radius 1 is 1.31 bits per heavy atom. The monoisotopic (exact) mass is 235 g/mol. The van der Waals surface area contributed by atoms with Crippen molar-refractivity contribution < 1.29 is 0 Å². The van der Waals surface area contributed by atoms with Gasteiger partial charge in [0.1, 0.15) is 16.7 Å². The summed E-state index contributed by atoms with van der Waals surface area (Å²) in [6, 6.07) is 2.13. The van der Waals surface area contributed by atoms with Crippen LogP contribution >= 0.6 is 11.8 Å². The zero-order valence-corrected chi connectivity index (χ0v) is 9.86. The molecule has 0 fully saturated rings. The minimum atomic E-state index is 0.565. The molecule has 0 amide bonds. The van der Waals surface area contributed by atoms with Crippen molar-refractivity contribution in [3.63, 3.8) is 0 Å². The molecule has 8 heteroatoms. The molecule has 2 aromatic rings. The van der Waals surface area contributed by atoms with Crippen molar-refractivity contribution in [1.82, 2.24) is 30.0 Å². The predicted molar refractivity (Wildman–Crippen MR) is 55.6 cm³/mol. The molecule has 0 aliphatic heterocycles. The maximum absolute atomic E-state index is 9.04. The Balaban J connectivity index is 2.43. The molecule has 0 spiro atoms. The Morgan fingerprint density at radius 2 is 2.06 bits per heavy atom. The minimum absolute atomic E-state index is 0.565. The zero-order chi connectivity index (χ0) is 11.7. The van der Waals surface area contributed by atoms with Gasteiger partial charge < -0.3 is 0 Å². The number of aryl methyl sites for hydroxylation is 3. The number of tetrazole rings is 1. The van der Waals surface area contributed by atoms with Crippen molar-refractivity contribution in [3.05, 3.63) is 11.3 Å². The second-order valence-corrected chi connectivity index (χ2v) is 4.14. The fourth-order valence-corrected chi connectivity index (χ4v) is 2.16. The van der Waals surface area contributed by atoms with Crippen LogP contribution < -0.4 is 0 Å². The molecule has 0 aliphatic carbocycles. The molecule has 2 aromatic heterocycles. The molecule has 0 aromatic carbocycles. The molecule has 0 saturated heterocycles. The number of hydrogen-bond donors (Lipinski definition) is 0. The molecule has 0 aliphatic rings. The van der Waals surface area contributed by atoms with E-state index in [4.69, 9.17) is 5.26 Å². The summed E-state index contributed by atoms with van der Waals surface area (Å²) in [6.07, 6.45) is 0. The van der Waals surface area contributed by atoms with Crippen LogP contribution in [-0.4, -0.2) is 30.0 Å². The molecule has 82 valence electrons. The van der Waals surface area contributed by atoms with Crippen molar-refractivity contribution in [3.8, 4) is 6.07 Å². The van der Waals surface area contributed by atoms with Crippen LogP contribution in [0.25, 0.3) is 0 Å². The summed E-state index contributed by atoms with van der Waals surface area (Å²) in [5.41, 5.74) is 1.28. The number of aromatic nitrogens is 6. The molecule has 0 N–H and O–H groups in total. The van der Waals surface area contributed by atoms with Crippen molar-refractivity contribution in [2.24, 2.45) is 14.1 Å². The largest absolute Gasteiger partial charge is 0.260 e. The van der Waals surface area contributed by atoms with E-state index in [0.717, 1.165) is 5.03 Å². The van der Waals surface area contributed by atoms with Gasteiger partial charge in [0.2, 0.25) is 5.16 Å². The van der Waals surface area contributed by atoms with E-state index >= 15 is 0 Å². The molecule has 0 atom stereocenters. The van der Waals surface area contributed by atoms with Crippen molar-refractivity contribution in [2.75, 3.05) is 0 Å². The average Bonchev–Trinajstić information content (AvgIpc) is 2.74. The van der Waals surface area contributed by atoms with E-state index < -0.39 is 0 Å². The molecule has 2 rings (SSSR count). The standard InChI is InChI=1S/C8H9N7S/c1-5-6(4-9)7(14(2)11-5)16-8-10-12-13-15(8)3/h1-3H3. The number of nitrogens with zero attached hydrogens (tertiary/aromatic N) is 7. The summed E-state index contributed by atoms with van der Waals surface area (Å²) in [4.78, 5) is 0. The van der Waals surface area contributed by atoms with Gasteiger partial charge in [0.05, 0.1) is 5.69 Å². The lowest BCUT2D eigenvalue weighted by Crippen LogP contribution is -1.97. The Labute approximate surface area is 96.1 Å². The SMILES string of the molecule is Cc1nn(C)c(Sc2nnnn2C)c1C#N. The van der Waals surface area contributed by atoms with Crippen LogP contribution in [0.3, 0.4) is 0 Å². The topological polar surface area (TPSA) is 85.2 Å². The highest BCUT2D eigenvalue weighted by atomic mass is 32.2. The lowest BCUT2D eigenvalue weighted by molar-refractivity contribution is 0.658. The van der Waals surface area contributed by atoms with E-state index in [-0.39, 0.29) is 0 Å². The summed E-state index contributed by atoms with van der Waals surface area (Å²) in [5.74, 6) is 0. The Bertz CT molecular complexity index is 561. The van der Waals surface area contributed by atoms with E-state index in [1.54, 1.807) is 30.4 Å².